The molecule has 0 aliphatic heterocycles. The first-order chi connectivity index (χ1) is 9.04. The van der Waals surface area contributed by atoms with Crippen LogP contribution in [0.3, 0.4) is 0 Å². The maximum atomic E-state index is 11.8. The van der Waals surface area contributed by atoms with E-state index < -0.39 is 12.1 Å². The van der Waals surface area contributed by atoms with Gasteiger partial charge in [-0.1, -0.05) is 13.3 Å². The van der Waals surface area contributed by atoms with Crippen molar-refractivity contribution >= 4 is 17.6 Å². The van der Waals surface area contributed by atoms with E-state index >= 15 is 0 Å². The second-order valence-corrected chi connectivity index (χ2v) is 4.31. The fourth-order valence-electron chi connectivity index (χ4n) is 1.43. The van der Waals surface area contributed by atoms with Crippen LogP contribution in [0.1, 0.15) is 37.0 Å². The summed E-state index contributed by atoms with van der Waals surface area (Å²) in [5.41, 5.74) is 6.48. The number of ether oxygens (including phenoxy) is 1. The first-order valence-corrected chi connectivity index (χ1v) is 6.38. The summed E-state index contributed by atoms with van der Waals surface area (Å²) in [4.78, 5) is 23.4. The van der Waals surface area contributed by atoms with Crippen molar-refractivity contribution in [2.45, 2.75) is 32.8 Å². The van der Waals surface area contributed by atoms with Crippen LogP contribution in [0.15, 0.2) is 24.3 Å². The molecule has 19 heavy (non-hydrogen) atoms. The van der Waals surface area contributed by atoms with Crippen LogP contribution in [0.2, 0.25) is 0 Å². The summed E-state index contributed by atoms with van der Waals surface area (Å²) >= 11 is 0. The van der Waals surface area contributed by atoms with E-state index in [1.54, 1.807) is 31.2 Å². The maximum Gasteiger partial charge on any atom is 0.338 e. The van der Waals surface area contributed by atoms with Gasteiger partial charge in [0, 0.05) is 12.2 Å². The first kappa shape index (κ1) is 15.0. The standard InChI is InChI=1S/C14H20N2O3/c1-3-4-9-16-13(17)10(2)19-14(18)11-5-7-12(15)8-6-11/h5-8,10H,3-4,9,15H2,1-2H3,(H,16,17). The zero-order chi connectivity index (χ0) is 14.3. The lowest BCUT2D eigenvalue weighted by molar-refractivity contribution is -0.129. The van der Waals surface area contributed by atoms with E-state index in [4.69, 9.17) is 10.5 Å². The lowest BCUT2D eigenvalue weighted by atomic mass is 10.2. The molecule has 0 spiro atoms. The Morgan fingerprint density at radius 1 is 1.32 bits per heavy atom. The normalized spacial score (nSPS) is 11.7. The lowest BCUT2D eigenvalue weighted by Gasteiger charge is -2.13. The van der Waals surface area contributed by atoms with Crippen LogP contribution in [-0.2, 0) is 9.53 Å². The van der Waals surface area contributed by atoms with Gasteiger partial charge in [0.1, 0.15) is 0 Å². The number of amides is 1. The third-order valence-corrected chi connectivity index (χ3v) is 2.63. The number of anilines is 1. The number of carbonyl (C=O) groups is 2. The molecule has 1 aromatic carbocycles. The summed E-state index contributed by atoms with van der Waals surface area (Å²) in [7, 11) is 0. The number of rotatable bonds is 6. The van der Waals surface area contributed by atoms with Crippen molar-refractivity contribution in [3.05, 3.63) is 29.8 Å². The van der Waals surface area contributed by atoms with Gasteiger partial charge in [0.05, 0.1) is 5.56 Å². The Bertz CT molecular complexity index is 429. The molecule has 0 aromatic heterocycles. The van der Waals surface area contributed by atoms with Crippen molar-refractivity contribution in [2.24, 2.45) is 0 Å². The Hall–Kier alpha value is -2.04. The minimum absolute atomic E-state index is 0.280. The first-order valence-electron chi connectivity index (χ1n) is 6.38. The molecule has 0 saturated heterocycles. The minimum Gasteiger partial charge on any atom is -0.449 e. The van der Waals surface area contributed by atoms with E-state index in [-0.39, 0.29) is 5.91 Å². The molecule has 1 unspecified atom stereocenters. The van der Waals surface area contributed by atoms with Gasteiger partial charge in [-0.15, -0.1) is 0 Å². The van der Waals surface area contributed by atoms with Crippen LogP contribution < -0.4 is 11.1 Å². The van der Waals surface area contributed by atoms with E-state index in [9.17, 15) is 9.59 Å². The van der Waals surface area contributed by atoms with E-state index in [1.165, 1.54) is 0 Å². The third-order valence-electron chi connectivity index (χ3n) is 2.63. The molecule has 0 fully saturated rings. The molecular weight excluding hydrogens is 244 g/mol. The van der Waals surface area contributed by atoms with Crippen LogP contribution >= 0.6 is 0 Å². The second-order valence-electron chi connectivity index (χ2n) is 4.31. The zero-order valence-corrected chi connectivity index (χ0v) is 11.3. The number of nitrogens with two attached hydrogens (primary N) is 1. The molecule has 3 N–H and O–H groups in total. The molecule has 0 heterocycles. The molecular formula is C14H20N2O3. The van der Waals surface area contributed by atoms with Crippen LogP contribution in [0.5, 0.6) is 0 Å². The Morgan fingerprint density at radius 2 is 1.95 bits per heavy atom. The largest absolute Gasteiger partial charge is 0.449 e. The predicted octanol–water partition coefficient (Wildman–Crippen LogP) is 1.73. The highest BCUT2D eigenvalue weighted by Gasteiger charge is 2.18. The quantitative estimate of drug-likeness (QED) is 0.466. The lowest BCUT2D eigenvalue weighted by Crippen LogP contribution is -2.36. The van der Waals surface area contributed by atoms with E-state index in [1.807, 2.05) is 6.92 Å². The van der Waals surface area contributed by atoms with Crippen molar-refractivity contribution in [3.8, 4) is 0 Å². The van der Waals surface area contributed by atoms with Gasteiger partial charge in [-0.25, -0.2) is 4.79 Å². The third kappa shape index (κ3) is 4.99. The number of esters is 1. The monoisotopic (exact) mass is 264 g/mol. The molecule has 1 aromatic rings. The van der Waals surface area contributed by atoms with E-state index in [0.29, 0.717) is 17.8 Å². The second kappa shape index (κ2) is 7.41. The minimum atomic E-state index is -0.804. The highest BCUT2D eigenvalue weighted by atomic mass is 16.5. The van der Waals surface area contributed by atoms with Gasteiger partial charge in [-0.05, 0) is 37.6 Å². The average Bonchev–Trinajstić information content (AvgIpc) is 2.39. The summed E-state index contributed by atoms with van der Waals surface area (Å²) in [6.07, 6.45) is 1.10. The van der Waals surface area contributed by atoms with Gasteiger partial charge in [-0.3, -0.25) is 4.79 Å². The molecule has 5 nitrogen and oxygen atoms in total. The fourth-order valence-corrected chi connectivity index (χ4v) is 1.43. The number of hydrogen-bond acceptors (Lipinski definition) is 4. The molecule has 1 atom stereocenters. The highest BCUT2D eigenvalue weighted by molar-refractivity contribution is 5.92. The van der Waals surface area contributed by atoms with Crippen molar-refractivity contribution in [3.63, 3.8) is 0 Å². The predicted molar refractivity (Wildman–Crippen MR) is 73.6 cm³/mol. The smallest absolute Gasteiger partial charge is 0.338 e. The number of unbranched alkanes of at least 4 members (excludes halogenated alkanes) is 1. The molecule has 0 aliphatic carbocycles. The average molecular weight is 264 g/mol. The number of nitrogens with one attached hydrogen (secondary N) is 1. The summed E-state index contributed by atoms with van der Waals surface area (Å²) < 4.78 is 5.08. The molecule has 0 radical (unpaired) electrons. The van der Waals surface area contributed by atoms with Gasteiger partial charge < -0.3 is 15.8 Å². The number of hydrogen-bond donors (Lipinski definition) is 2. The van der Waals surface area contributed by atoms with Crippen molar-refractivity contribution in [2.75, 3.05) is 12.3 Å². The van der Waals surface area contributed by atoms with Crippen LogP contribution in [0.25, 0.3) is 0 Å². The van der Waals surface area contributed by atoms with Gasteiger partial charge in [0.15, 0.2) is 6.10 Å². The molecule has 5 heteroatoms. The van der Waals surface area contributed by atoms with Crippen molar-refractivity contribution in [1.29, 1.82) is 0 Å². The van der Waals surface area contributed by atoms with Crippen LogP contribution in [-0.4, -0.2) is 24.5 Å². The maximum absolute atomic E-state index is 11.8. The highest BCUT2D eigenvalue weighted by Crippen LogP contribution is 2.08. The number of nitrogen functional groups attached to an aromatic ring is 1. The molecule has 0 bridgehead atoms. The Morgan fingerprint density at radius 3 is 2.53 bits per heavy atom. The van der Waals surface area contributed by atoms with Crippen LogP contribution in [0, 0.1) is 0 Å². The van der Waals surface area contributed by atoms with E-state index in [0.717, 1.165) is 12.8 Å². The number of benzene rings is 1. The summed E-state index contributed by atoms with van der Waals surface area (Å²) in [5.74, 6) is -0.810. The topological polar surface area (TPSA) is 81.4 Å². The van der Waals surface area contributed by atoms with Gasteiger partial charge in [0.2, 0.25) is 0 Å². The molecule has 0 aliphatic rings. The van der Waals surface area contributed by atoms with Gasteiger partial charge in [-0.2, -0.15) is 0 Å². The Kier molecular flexibility index (Phi) is 5.85. The van der Waals surface area contributed by atoms with Crippen LogP contribution in [0.4, 0.5) is 5.69 Å². The SMILES string of the molecule is CCCCNC(=O)C(C)OC(=O)c1ccc(N)cc1. The molecule has 0 saturated carbocycles. The zero-order valence-electron chi connectivity index (χ0n) is 11.3. The van der Waals surface area contributed by atoms with Crippen molar-refractivity contribution in [1.82, 2.24) is 5.32 Å². The fraction of sp³-hybridized carbons (Fsp3) is 0.429. The summed E-state index contributed by atoms with van der Waals surface area (Å²) in [5, 5.41) is 2.71. The molecule has 104 valence electrons. The van der Waals surface area contributed by atoms with Crippen molar-refractivity contribution < 1.29 is 14.3 Å². The number of carbonyl (C=O) groups excluding carboxylic acids is 2. The molecule has 1 amide bonds. The van der Waals surface area contributed by atoms with E-state index in [2.05, 4.69) is 5.32 Å². The van der Waals surface area contributed by atoms with Gasteiger partial charge >= 0.3 is 5.97 Å². The Labute approximate surface area is 113 Å². The summed E-state index contributed by atoms with van der Waals surface area (Å²) in [6.45, 7) is 4.19. The van der Waals surface area contributed by atoms with Gasteiger partial charge in [0.25, 0.3) is 5.91 Å². The Balaban J connectivity index is 2.47. The summed E-state index contributed by atoms with van der Waals surface area (Å²) in [6, 6.07) is 6.36. The molecule has 1 rings (SSSR count).